The lowest BCUT2D eigenvalue weighted by molar-refractivity contribution is -0.125. The predicted molar refractivity (Wildman–Crippen MR) is 51.5 cm³/mol. The lowest BCUT2D eigenvalue weighted by Crippen LogP contribution is -2.17. The van der Waals surface area contributed by atoms with E-state index in [4.69, 9.17) is 0 Å². The Morgan fingerprint density at radius 3 is 2.54 bits per heavy atom. The summed E-state index contributed by atoms with van der Waals surface area (Å²) in [4.78, 5) is 10.7. The van der Waals surface area contributed by atoms with E-state index in [1.165, 1.54) is 6.92 Å². The predicted octanol–water partition coefficient (Wildman–Crippen LogP) is 1.57. The Labute approximate surface area is 78.2 Å². The van der Waals surface area contributed by atoms with E-state index in [0.717, 1.165) is 12.0 Å². The minimum absolute atomic E-state index is 0.157. The Hall–Kier alpha value is -1.15. The molecule has 0 aromatic heterocycles. The summed E-state index contributed by atoms with van der Waals surface area (Å²) in [7, 11) is 0. The molecular weight excluding hydrogens is 164 g/mol. The van der Waals surface area contributed by atoms with Crippen molar-refractivity contribution in [2.75, 3.05) is 0 Å². The summed E-state index contributed by atoms with van der Waals surface area (Å²) in [6, 6.07) is 9.84. The van der Waals surface area contributed by atoms with Crippen molar-refractivity contribution in [2.24, 2.45) is 0 Å². The fourth-order valence-electron chi connectivity index (χ4n) is 1.15. The van der Waals surface area contributed by atoms with Crippen LogP contribution in [0.5, 0.6) is 0 Å². The van der Waals surface area contributed by atoms with Crippen molar-refractivity contribution in [2.45, 2.75) is 25.9 Å². The fraction of sp³-hybridized carbons (Fsp3) is 0.364. The fourth-order valence-corrected chi connectivity index (χ4v) is 1.15. The Morgan fingerprint density at radius 2 is 2.00 bits per heavy atom. The quantitative estimate of drug-likeness (QED) is 0.759. The van der Waals surface area contributed by atoms with Crippen LogP contribution in [-0.4, -0.2) is 17.0 Å². The molecule has 0 fully saturated rings. The number of aliphatic hydroxyl groups is 1. The van der Waals surface area contributed by atoms with Gasteiger partial charge >= 0.3 is 0 Å². The number of benzene rings is 1. The molecule has 0 bridgehead atoms. The molecule has 1 atom stereocenters. The van der Waals surface area contributed by atoms with Crippen LogP contribution in [0.15, 0.2) is 30.3 Å². The van der Waals surface area contributed by atoms with Crippen molar-refractivity contribution in [1.29, 1.82) is 0 Å². The third-order valence-corrected chi connectivity index (χ3v) is 2.02. The highest BCUT2D eigenvalue weighted by atomic mass is 16.3. The van der Waals surface area contributed by atoms with Gasteiger partial charge in [-0.2, -0.15) is 0 Å². The summed E-state index contributed by atoms with van der Waals surface area (Å²) in [6.07, 6.45) is 0.459. The Bertz CT molecular complexity index is 267. The minimum atomic E-state index is -0.805. The molecule has 0 saturated heterocycles. The van der Waals surface area contributed by atoms with Crippen LogP contribution < -0.4 is 0 Å². The molecule has 0 unspecified atom stereocenters. The van der Waals surface area contributed by atoms with E-state index in [9.17, 15) is 9.90 Å². The number of hydrogen-bond acceptors (Lipinski definition) is 2. The van der Waals surface area contributed by atoms with Gasteiger partial charge in [0.15, 0.2) is 5.78 Å². The second kappa shape index (κ2) is 4.77. The summed E-state index contributed by atoms with van der Waals surface area (Å²) in [5.74, 6) is -0.157. The lowest BCUT2D eigenvalue weighted by atomic mass is 10.1. The smallest absolute Gasteiger partial charge is 0.158 e. The highest BCUT2D eigenvalue weighted by molar-refractivity contribution is 5.80. The molecule has 1 aromatic carbocycles. The van der Waals surface area contributed by atoms with Gasteiger partial charge in [0.1, 0.15) is 6.10 Å². The number of carbonyl (C=O) groups excluding carboxylic acids is 1. The summed E-state index contributed by atoms with van der Waals surface area (Å²) in [5.41, 5.74) is 1.16. The third kappa shape index (κ3) is 3.38. The summed E-state index contributed by atoms with van der Waals surface area (Å²) < 4.78 is 0. The Kier molecular flexibility index (Phi) is 3.65. The monoisotopic (exact) mass is 178 g/mol. The normalized spacial score (nSPS) is 12.5. The molecule has 0 amide bonds. The maximum atomic E-state index is 10.7. The standard InChI is InChI=1S/C11H14O2/c1-9(12)11(13)8-7-10-5-3-2-4-6-10/h2-6,11,13H,7-8H2,1H3/t11-/m0/s1. The zero-order chi connectivity index (χ0) is 9.68. The molecule has 70 valence electrons. The van der Waals surface area contributed by atoms with Gasteiger partial charge in [-0.25, -0.2) is 0 Å². The van der Waals surface area contributed by atoms with Crippen LogP contribution in [0.25, 0.3) is 0 Å². The maximum absolute atomic E-state index is 10.7. The van der Waals surface area contributed by atoms with E-state index in [1.807, 2.05) is 30.3 Å². The average Bonchev–Trinajstić information content (AvgIpc) is 2.15. The van der Waals surface area contributed by atoms with E-state index in [0.29, 0.717) is 6.42 Å². The summed E-state index contributed by atoms with van der Waals surface area (Å²) in [6.45, 7) is 1.41. The van der Waals surface area contributed by atoms with Crippen LogP contribution in [0.1, 0.15) is 18.9 Å². The lowest BCUT2D eigenvalue weighted by Gasteiger charge is -2.05. The van der Waals surface area contributed by atoms with E-state index < -0.39 is 6.10 Å². The maximum Gasteiger partial charge on any atom is 0.158 e. The van der Waals surface area contributed by atoms with Crippen molar-refractivity contribution in [1.82, 2.24) is 0 Å². The molecule has 0 aliphatic carbocycles. The molecule has 2 heteroatoms. The highest BCUT2D eigenvalue weighted by Gasteiger charge is 2.08. The number of ketones is 1. The first-order valence-electron chi connectivity index (χ1n) is 4.42. The number of hydrogen-bond donors (Lipinski definition) is 1. The largest absolute Gasteiger partial charge is 0.385 e. The van der Waals surface area contributed by atoms with E-state index in [1.54, 1.807) is 0 Å². The molecule has 0 spiro atoms. The average molecular weight is 178 g/mol. The zero-order valence-corrected chi connectivity index (χ0v) is 7.73. The zero-order valence-electron chi connectivity index (χ0n) is 7.73. The van der Waals surface area contributed by atoms with E-state index in [-0.39, 0.29) is 5.78 Å². The highest BCUT2D eigenvalue weighted by Crippen LogP contribution is 2.05. The van der Waals surface area contributed by atoms with Gasteiger partial charge in [-0.1, -0.05) is 30.3 Å². The molecule has 0 aliphatic rings. The number of aryl methyl sites for hydroxylation is 1. The Morgan fingerprint density at radius 1 is 1.38 bits per heavy atom. The molecule has 0 aliphatic heterocycles. The molecule has 1 rings (SSSR count). The number of aliphatic hydroxyl groups excluding tert-OH is 1. The van der Waals surface area contributed by atoms with Gasteiger partial charge in [-0.15, -0.1) is 0 Å². The molecule has 2 nitrogen and oxygen atoms in total. The van der Waals surface area contributed by atoms with Gasteiger partial charge in [0.25, 0.3) is 0 Å². The van der Waals surface area contributed by atoms with Crippen molar-refractivity contribution in [3.8, 4) is 0 Å². The molecular formula is C11H14O2. The second-order valence-electron chi connectivity index (χ2n) is 3.15. The Balaban J connectivity index is 2.39. The van der Waals surface area contributed by atoms with Crippen LogP contribution in [0.4, 0.5) is 0 Å². The van der Waals surface area contributed by atoms with Gasteiger partial charge in [-0.05, 0) is 25.3 Å². The van der Waals surface area contributed by atoms with Crippen LogP contribution in [0.2, 0.25) is 0 Å². The van der Waals surface area contributed by atoms with Crippen molar-refractivity contribution >= 4 is 5.78 Å². The van der Waals surface area contributed by atoms with Crippen LogP contribution in [0, 0.1) is 0 Å². The molecule has 0 heterocycles. The van der Waals surface area contributed by atoms with Crippen LogP contribution in [0.3, 0.4) is 0 Å². The molecule has 0 radical (unpaired) electrons. The SMILES string of the molecule is CC(=O)[C@@H](O)CCc1ccccc1. The van der Waals surface area contributed by atoms with Gasteiger partial charge in [0.05, 0.1) is 0 Å². The number of carbonyl (C=O) groups is 1. The van der Waals surface area contributed by atoms with Crippen molar-refractivity contribution in [3.05, 3.63) is 35.9 Å². The van der Waals surface area contributed by atoms with E-state index >= 15 is 0 Å². The van der Waals surface area contributed by atoms with Gasteiger partial charge in [-0.3, -0.25) is 4.79 Å². The summed E-state index contributed by atoms with van der Waals surface area (Å²) >= 11 is 0. The van der Waals surface area contributed by atoms with Crippen LogP contribution >= 0.6 is 0 Å². The molecule has 1 aromatic rings. The van der Waals surface area contributed by atoms with Crippen molar-refractivity contribution in [3.63, 3.8) is 0 Å². The van der Waals surface area contributed by atoms with Crippen LogP contribution in [-0.2, 0) is 11.2 Å². The summed E-state index contributed by atoms with van der Waals surface area (Å²) in [5, 5.41) is 9.24. The first-order chi connectivity index (χ1) is 6.20. The third-order valence-electron chi connectivity index (χ3n) is 2.02. The minimum Gasteiger partial charge on any atom is -0.385 e. The number of rotatable bonds is 4. The van der Waals surface area contributed by atoms with Crippen molar-refractivity contribution < 1.29 is 9.90 Å². The van der Waals surface area contributed by atoms with Gasteiger partial charge in [0, 0.05) is 0 Å². The van der Waals surface area contributed by atoms with E-state index in [2.05, 4.69) is 0 Å². The first kappa shape index (κ1) is 9.93. The second-order valence-corrected chi connectivity index (χ2v) is 3.15. The molecule has 1 N–H and O–H groups in total. The molecule has 0 saturated carbocycles. The van der Waals surface area contributed by atoms with Gasteiger partial charge in [0.2, 0.25) is 0 Å². The topological polar surface area (TPSA) is 37.3 Å². The van der Waals surface area contributed by atoms with Gasteiger partial charge < -0.3 is 5.11 Å². The first-order valence-corrected chi connectivity index (χ1v) is 4.42. The molecule has 13 heavy (non-hydrogen) atoms. The number of Topliss-reactive ketones (excluding diaryl/α,β-unsaturated/α-hetero) is 1.